The van der Waals surface area contributed by atoms with Gasteiger partial charge in [-0.2, -0.15) is 0 Å². The fraction of sp³-hybridized carbons (Fsp3) is 0.655. The highest BCUT2D eigenvalue weighted by Crippen LogP contribution is 2.30. The van der Waals surface area contributed by atoms with Crippen LogP contribution in [-0.2, 0) is 30.3 Å². The fourth-order valence-electron chi connectivity index (χ4n) is 3.56. The molecule has 10 nitrogen and oxygen atoms in total. The lowest BCUT2D eigenvalue weighted by Crippen LogP contribution is -2.42. The molecule has 10 heteroatoms. The van der Waals surface area contributed by atoms with E-state index in [0.29, 0.717) is 18.4 Å². The van der Waals surface area contributed by atoms with Crippen molar-refractivity contribution in [2.45, 2.75) is 110 Å². The highest BCUT2D eigenvalue weighted by Gasteiger charge is 2.22. The minimum atomic E-state index is -1.10. The van der Waals surface area contributed by atoms with Gasteiger partial charge < -0.3 is 29.4 Å². The van der Waals surface area contributed by atoms with Crippen molar-refractivity contribution in [3.05, 3.63) is 23.8 Å². The first-order chi connectivity index (χ1) is 18.7. The van der Waals surface area contributed by atoms with Crippen molar-refractivity contribution in [3.8, 4) is 11.5 Å². The zero-order chi connectivity index (χ0) is 29.0. The Bertz CT molecular complexity index is 903. The van der Waals surface area contributed by atoms with Crippen molar-refractivity contribution in [3.63, 3.8) is 0 Å². The van der Waals surface area contributed by atoms with E-state index in [1.54, 1.807) is 13.0 Å². The van der Waals surface area contributed by atoms with E-state index in [4.69, 9.17) is 18.9 Å². The van der Waals surface area contributed by atoms with E-state index < -0.39 is 36.2 Å². The molecule has 0 aliphatic rings. The van der Waals surface area contributed by atoms with E-state index in [0.717, 1.165) is 38.5 Å². The van der Waals surface area contributed by atoms with Gasteiger partial charge in [-0.1, -0.05) is 58.9 Å². The van der Waals surface area contributed by atoms with Gasteiger partial charge in [0, 0.05) is 19.4 Å². The van der Waals surface area contributed by atoms with Gasteiger partial charge in [-0.25, -0.2) is 4.79 Å². The van der Waals surface area contributed by atoms with Crippen LogP contribution in [0.15, 0.2) is 18.2 Å². The Morgan fingerprint density at radius 3 is 2.00 bits per heavy atom. The van der Waals surface area contributed by atoms with Crippen molar-refractivity contribution in [1.82, 2.24) is 5.32 Å². The zero-order valence-electron chi connectivity index (χ0n) is 23.8. The number of esters is 2. The third-order valence-corrected chi connectivity index (χ3v) is 5.83. The van der Waals surface area contributed by atoms with Gasteiger partial charge in [0.15, 0.2) is 11.5 Å². The molecule has 0 spiro atoms. The first-order valence-electron chi connectivity index (χ1n) is 14.0. The monoisotopic (exact) mass is 551 g/mol. The second-order valence-corrected chi connectivity index (χ2v) is 9.53. The Balaban J connectivity index is 2.90. The summed E-state index contributed by atoms with van der Waals surface area (Å²) in [4.78, 5) is 48.3. The van der Waals surface area contributed by atoms with Crippen LogP contribution in [0.3, 0.4) is 0 Å². The summed E-state index contributed by atoms with van der Waals surface area (Å²) in [7, 11) is 0. The van der Waals surface area contributed by atoms with E-state index >= 15 is 0 Å². The largest absolute Gasteiger partial charge is 0.508 e. The molecule has 220 valence electrons. The van der Waals surface area contributed by atoms with Crippen molar-refractivity contribution < 1.29 is 43.2 Å². The minimum Gasteiger partial charge on any atom is -0.480 e. The van der Waals surface area contributed by atoms with Crippen LogP contribution in [0.4, 0.5) is 4.79 Å². The summed E-state index contributed by atoms with van der Waals surface area (Å²) in [5.74, 6) is -1.78. The van der Waals surface area contributed by atoms with Crippen LogP contribution < -0.4 is 14.8 Å². The fourth-order valence-corrected chi connectivity index (χ4v) is 3.56. The number of carbonyl (C=O) groups is 4. The first kappa shape index (κ1) is 33.9. The molecule has 0 aromatic heterocycles. The predicted molar refractivity (Wildman–Crippen MR) is 146 cm³/mol. The van der Waals surface area contributed by atoms with Crippen molar-refractivity contribution >= 4 is 24.1 Å². The third-order valence-electron chi connectivity index (χ3n) is 5.83. The lowest BCUT2D eigenvalue weighted by Gasteiger charge is -2.19. The molecule has 1 unspecified atom stereocenters. The van der Waals surface area contributed by atoms with E-state index in [9.17, 15) is 24.3 Å². The molecule has 2 atom stereocenters. The quantitative estimate of drug-likeness (QED) is 0.120. The van der Waals surface area contributed by atoms with Crippen molar-refractivity contribution in [1.29, 1.82) is 0 Å². The molecule has 0 fully saturated rings. The molecule has 0 saturated carbocycles. The van der Waals surface area contributed by atoms with Gasteiger partial charge in [0.05, 0.1) is 6.61 Å². The number of unbranched alkanes of at least 4 members (excludes halogenated alkanes) is 5. The van der Waals surface area contributed by atoms with E-state index in [-0.39, 0.29) is 43.9 Å². The Kier molecular flexibility index (Phi) is 17.3. The second-order valence-electron chi connectivity index (χ2n) is 9.53. The van der Waals surface area contributed by atoms with Gasteiger partial charge in [-0.15, -0.1) is 0 Å². The summed E-state index contributed by atoms with van der Waals surface area (Å²) in [6, 6.07) is 3.65. The highest BCUT2D eigenvalue weighted by atomic mass is 16.7. The molecule has 1 rings (SSSR count). The number of hydrogen-bond donors (Lipinski definition) is 2. The normalized spacial score (nSPS) is 12.3. The smallest absolute Gasteiger partial charge is 0.480 e. The summed E-state index contributed by atoms with van der Waals surface area (Å²) in [6.07, 6.45) is 5.81. The molecular weight excluding hydrogens is 506 g/mol. The number of ether oxygens (including phenoxy) is 4. The average Bonchev–Trinajstić information content (AvgIpc) is 2.88. The molecule has 2 N–H and O–H groups in total. The standard InChI is InChI=1S/C29H45NO9/c1-5-8-11-13-26(31)38-24-16-15-22(19-25(24)39-27(32)14-12-9-6-2)18-23(28(33)34)30-20-21(4)37-29(35)36-17-10-7-3/h15-16,19,21,23,30H,5-14,17-18,20H2,1-4H3,(H,33,34)/t21?,23-/m0/s1. The van der Waals surface area contributed by atoms with Crippen LogP contribution >= 0.6 is 0 Å². The lowest BCUT2D eigenvalue weighted by atomic mass is 10.0. The first-order valence-corrected chi connectivity index (χ1v) is 14.0. The lowest BCUT2D eigenvalue weighted by molar-refractivity contribution is -0.139. The average molecular weight is 552 g/mol. The molecule has 0 bridgehead atoms. The SMILES string of the molecule is CCCCCC(=O)Oc1ccc(C[C@H](NCC(C)OC(=O)OCCCC)C(=O)O)cc1OC(=O)CCCCC. The van der Waals surface area contributed by atoms with E-state index in [2.05, 4.69) is 5.32 Å². The number of nitrogens with one attached hydrogen (secondary N) is 1. The summed E-state index contributed by atoms with van der Waals surface area (Å²) in [5.41, 5.74) is 0.560. The number of carbonyl (C=O) groups excluding carboxylic acids is 3. The topological polar surface area (TPSA) is 137 Å². The Labute approximate surface area is 231 Å². The van der Waals surface area contributed by atoms with Gasteiger partial charge in [0.2, 0.25) is 0 Å². The molecule has 0 aliphatic carbocycles. The number of carboxylic acid groups (broad SMARTS) is 1. The zero-order valence-corrected chi connectivity index (χ0v) is 23.8. The Hall–Kier alpha value is -3.14. The van der Waals surface area contributed by atoms with Gasteiger partial charge in [-0.3, -0.25) is 14.4 Å². The van der Waals surface area contributed by atoms with Crippen molar-refractivity contribution in [2.24, 2.45) is 0 Å². The molecular formula is C29H45NO9. The molecule has 0 amide bonds. The van der Waals surface area contributed by atoms with Crippen LogP contribution in [0.25, 0.3) is 0 Å². The molecule has 0 radical (unpaired) electrons. The highest BCUT2D eigenvalue weighted by molar-refractivity contribution is 5.77. The second kappa shape index (κ2) is 19.9. The van der Waals surface area contributed by atoms with Gasteiger partial charge in [0.25, 0.3) is 0 Å². The number of benzene rings is 1. The molecule has 1 aromatic rings. The summed E-state index contributed by atoms with van der Waals surface area (Å²) < 4.78 is 21.1. The maximum atomic E-state index is 12.4. The van der Waals surface area contributed by atoms with Crippen LogP contribution in [0.5, 0.6) is 11.5 Å². The van der Waals surface area contributed by atoms with Crippen LogP contribution in [0.2, 0.25) is 0 Å². The van der Waals surface area contributed by atoms with Crippen LogP contribution in [0.1, 0.15) is 97.5 Å². The van der Waals surface area contributed by atoms with Gasteiger partial charge in [-0.05, 0) is 50.3 Å². The molecule has 1 aromatic carbocycles. The van der Waals surface area contributed by atoms with E-state index in [1.165, 1.54) is 12.1 Å². The maximum absolute atomic E-state index is 12.4. The van der Waals surface area contributed by atoms with Gasteiger partial charge >= 0.3 is 24.1 Å². The predicted octanol–water partition coefficient (Wildman–Crippen LogP) is 5.59. The molecule has 0 saturated heterocycles. The minimum absolute atomic E-state index is 0.0497. The number of aliphatic carboxylic acids is 1. The third kappa shape index (κ3) is 15.1. The molecule has 0 aliphatic heterocycles. The molecule has 0 heterocycles. The van der Waals surface area contributed by atoms with E-state index in [1.807, 2.05) is 20.8 Å². The number of rotatable bonds is 20. The summed E-state index contributed by atoms with van der Waals surface area (Å²) in [6.45, 7) is 8.03. The van der Waals surface area contributed by atoms with Gasteiger partial charge in [0.1, 0.15) is 12.1 Å². The summed E-state index contributed by atoms with van der Waals surface area (Å²) in [5, 5.41) is 12.6. The van der Waals surface area contributed by atoms with Crippen molar-refractivity contribution in [2.75, 3.05) is 13.2 Å². The Morgan fingerprint density at radius 2 is 1.44 bits per heavy atom. The summed E-state index contributed by atoms with van der Waals surface area (Å²) >= 11 is 0. The number of hydrogen-bond acceptors (Lipinski definition) is 9. The van der Waals surface area contributed by atoms with Crippen LogP contribution in [0, 0.1) is 0 Å². The Morgan fingerprint density at radius 1 is 0.846 bits per heavy atom. The number of carboxylic acids is 1. The van der Waals surface area contributed by atoms with Crippen LogP contribution in [-0.4, -0.2) is 54.5 Å². The molecule has 39 heavy (non-hydrogen) atoms. The maximum Gasteiger partial charge on any atom is 0.508 e.